The van der Waals surface area contributed by atoms with Crippen LogP contribution >= 0.6 is 0 Å². The quantitative estimate of drug-likeness (QED) is 0.782. The Morgan fingerprint density at radius 1 is 1.32 bits per heavy atom. The number of esters is 1. The molecule has 1 aromatic rings. The van der Waals surface area contributed by atoms with Gasteiger partial charge in [0.1, 0.15) is 11.2 Å². The molecular formula is C15H20O4. The Morgan fingerprint density at radius 3 is 2.42 bits per heavy atom. The zero-order chi connectivity index (χ0) is 14.0. The standard InChI is InChI=1S/C15H20O4/c1-10(2)11-5-6-13(17-3)12(7-11)15(8-19-9-15)14(16)18-4/h5-7,10H,8-9H2,1-4H3. The largest absolute Gasteiger partial charge is 0.496 e. The van der Waals surface area contributed by atoms with Gasteiger partial charge in [0, 0.05) is 5.56 Å². The lowest BCUT2D eigenvalue weighted by atomic mass is 9.77. The highest BCUT2D eigenvalue weighted by Crippen LogP contribution is 2.40. The number of carbonyl (C=O) groups is 1. The molecule has 104 valence electrons. The molecule has 0 aliphatic carbocycles. The van der Waals surface area contributed by atoms with Crippen molar-refractivity contribution in [1.29, 1.82) is 0 Å². The van der Waals surface area contributed by atoms with Crippen LogP contribution in [0.25, 0.3) is 0 Å². The highest BCUT2D eigenvalue weighted by Gasteiger charge is 2.50. The maximum absolute atomic E-state index is 12.1. The van der Waals surface area contributed by atoms with E-state index in [0.717, 1.165) is 5.56 Å². The van der Waals surface area contributed by atoms with Crippen molar-refractivity contribution < 1.29 is 19.0 Å². The fourth-order valence-corrected chi connectivity index (χ4v) is 2.34. The maximum Gasteiger partial charge on any atom is 0.321 e. The fourth-order valence-electron chi connectivity index (χ4n) is 2.34. The van der Waals surface area contributed by atoms with Crippen molar-refractivity contribution in [3.63, 3.8) is 0 Å². The van der Waals surface area contributed by atoms with E-state index in [0.29, 0.717) is 24.9 Å². The number of rotatable bonds is 4. The Labute approximate surface area is 113 Å². The first-order valence-electron chi connectivity index (χ1n) is 6.39. The van der Waals surface area contributed by atoms with Gasteiger partial charge in [-0.2, -0.15) is 0 Å². The van der Waals surface area contributed by atoms with Crippen LogP contribution in [0.3, 0.4) is 0 Å². The zero-order valence-electron chi connectivity index (χ0n) is 11.9. The van der Waals surface area contributed by atoms with E-state index in [9.17, 15) is 4.79 Å². The maximum atomic E-state index is 12.1. The van der Waals surface area contributed by atoms with Crippen LogP contribution in [0.4, 0.5) is 0 Å². The molecule has 1 heterocycles. The van der Waals surface area contributed by atoms with Gasteiger partial charge in [-0.05, 0) is 17.5 Å². The zero-order valence-corrected chi connectivity index (χ0v) is 11.9. The summed E-state index contributed by atoms with van der Waals surface area (Å²) >= 11 is 0. The summed E-state index contributed by atoms with van der Waals surface area (Å²) in [5.74, 6) is 0.830. The molecule has 4 nitrogen and oxygen atoms in total. The Balaban J connectivity index is 2.52. The lowest BCUT2D eigenvalue weighted by Gasteiger charge is -2.39. The van der Waals surface area contributed by atoms with Crippen molar-refractivity contribution in [1.82, 2.24) is 0 Å². The van der Waals surface area contributed by atoms with Crippen LogP contribution in [-0.2, 0) is 19.7 Å². The van der Waals surface area contributed by atoms with Gasteiger partial charge in [0.15, 0.2) is 0 Å². The Kier molecular flexibility index (Phi) is 3.80. The summed E-state index contributed by atoms with van der Waals surface area (Å²) in [4.78, 5) is 12.1. The van der Waals surface area contributed by atoms with Crippen LogP contribution in [0.2, 0.25) is 0 Å². The number of benzene rings is 1. The van der Waals surface area contributed by atoms with E-state index in [1.165, 1.54) is 12.7 Å². The molecule has 2 rings (SSSR count). The summed E-state index contributed by atoms with van der Waals surface area (Å²) in [5, 5.41) is 0. The van der Waals surface area contributed by atoms with E-state index >= 15 is 0 Å². The molecule has 0 atom stereocenters. The number of hydrogen-bond donors (Lipinski definition) is 0. The first-order valence-corrected chi connectivity index (χ1v) is 6.39. The van der Waals surface area contributed by atoms with E-state index < -0.39 is 5.41 Å². The third-order valence-electron chi connectivity index (χ3n) is 3.68. The van der Waals surface area contributed by atoms with Crippen LogP contribution in [0.5, 0.6) is 5.75 Å². The minimum absolute atomic E-state index is 0.266. The van der Waals surface area contributed by atoms with Gasteiger partial charge in [-0.1, -0.05) is 26.0 Å². The van der Waals surface area contributed by atoms with Crippen molar-refractivity contribution in [2.24, 2.45) is 0 Å². The van der Waals surface area contributed by atoms with Crippen molar-refractivity contribution in [3.8, 4) is 5.75 Å². The number of methoxy groups -OCH3 is 2. The van der Waals surface area contributed by atoms with E-state index in [4.69, 9.17) is 14.2 Å². The second-order valence-corrected chi connectivity index (χ2v) is 5.18. The Morgan fingerprint density at radius 2 is 2.00 bits per heavy atom. The molecule has 0 aromatic heterocycles. The smallest absolute Gasteiger partial charge is 0.321 e. The van der Waals surface area contributed by atoms with Crippen molar-refractivity contribution in [3.05, 3.63) is 29.3 Å². The molecule has 1 aromatic carbocycles. The molecule has 0 bridgehead atoms. The van der Waals surface area contributed by atoms with Gasteiger partial charge in [0.05, 0.1) is 27.4 Å². The van der Waals surface area contributed by atoms with Crippen molar-refractivity contribution in [2.75, 3.05) is 27.4 Å². The van der Waals surface area contributed by atoms with Crippen molar-refractivity contribution in [2.45, 2.75) is 25.2 Å². The molecular weight excluding hydrogens is 244 g/mol. The van der Waals surface area contributed by atoms with E-state index in [1.54, 1.807) is 7.11 Å². The van der Waals surface area contributed by atoms with E-state index in [2.05, 4.69) is 13.8 Å². The monoisotopic (exact) mass is 264 g/mol. The van der Waals surface area contributed by atoms with Crippen LogP contribution in [-0.4, -0.2) is 33.4 Å². The second kappa shape index (κ2) is 5.21. The first kappa shape index (κ1) is 13.9. The summed E-state index contributed by atoms with van der Waals surface area (Å²) in [6, 6.07) is 5.97. The van der Waals surface area contributed by atoms with Crippen LogP contribution in [0.15, 0.2) is 18.2 Å². The molecule has 19 heavy (non-hydrogen) atoms. The summed E-state index contributed by atoms with van der Waals surface area (Å²) in [6.45, 7) is 4.93. The second-order valence-electron chi connectivity index (χ2n) is 5.18. The summed E-state index contributed by atoms with van der Waals surface area (Å²) in [7, 11) is 3.01. The molecule has 1 fully saturated rings. The molecule has 0 spiro atoms. The Hall–Kier alpha value is -1.55. The number of ether oxygens (including phenoxy) is 3. The van der Waals surface area contributed by atoms with Crippen LogP contribution < -0.4 is 4.74 Å². The van der Waals surface area contributed by atoms with E-state index in [-0.39, 0.29) is 5.97 Å². The van der Waals surface area contributed by atoms with Gasteiger partial charge >= 0.3 is 5.97 Å². The molecule has 1 saturated heterocycles. The predicted molar refractivity (Wildman–Crippen MR) is 71.6 cm³/mol. The average Bonchev–Trinajstić information content (AvgIpc) is 2.36. The summed E-state index contributed by atoms with van der Waals surface area (Å²) < 4.78 is 15.6. The summed E-state index contributed by atoms with van der Waals surface area (Å²) in [6.07, 6.45) is 0. The van der Waals surface area contributed by atoms with E-state index in [1.807, 2.05) is 18.2 Å². The molecule has 0 saturated carbocycles. The van der Waals surface area contributed by atoms with Gasteiger partial charge in [-0.3, -0.25) is 4.79 Å². The molecule has 0 amide bonds. The highest BCUT2D eigenvalue weighted by molar-refractivity contribution is 5.85. The fraction of sp³-hybridized carbons (Fsp3) is 0.533. The molecule has 0 N–H and O–H groups in total. The van der Waals surface area contributed by atoms with Gasteiger partial charge in [-0.15, -0.1) is 0 Å². The third kappa shape index (κ3) is 2.21. The topological polar surface area (TPSA) is 44.8 Å². The number of carbonyl (C=O) groups excluding carboxylic acids is 1. The van der Waals surface area contributed by atoms with Crippen LogP contribution in [0.1, 0.15) is 30.9 Å². The van der Waals surface area contributed by atoms with Gasteiger partial charge in [0.25, 0.3) is 0 Å². The lowest BCUT2D eigenvalue weighted by Crippen LogP contribution is -2.53. The number of hydrogen-bond acceptors (Lipinski definition) is 4. The Bertz CT molecular complexity index is 475. The normalized spacial score (nSPS) is 16.9. The SMILES string of the molecule is COC(=O)C1(c2cc(C(C)C)ccc2OC)COC1. The minimum atomic E-state index is -0.717. The molecule has 1 aliphatic heterocycles. The van der Waals surface area contributed by atoms with Gasteiger partial charge in [0.2, 0.25) is 0 Å². The molecule has 4 heteroatoms. The first-order chi connectivity index (χ1) is 9.05. The van der Waals surface area contributed by atoms with Crippen LogP contribution in [0, 0.1) is 0 Å². The van der Waals surface area contributed by atoms with Gasteiger partial charge in [-0.25, -0.2) is 0 Å². The average molecular weight is 264 g/mol. The molecule has 0 radical (unpaired) electrons. The molecule has 1 aliphatic rings. The predicted octanol–water partition coefficient (Wildman–Crippen LogP) is 2.26. The summed E-state index contributed by atoms with van der Waals surface area (Å²) in [5.41, 5.74) is 1.32. The lowest BCUT2D eigenvalue weighted by molar-refractivity contribution is -0.166. The highest BCUT2D eigenvalue weighted by atomic mass is 16.5. The minimum Gasteiger partial charge on any atom is -0.496 e. The molecule has 0 unspecified atom stereocenters. The van der Waals surface area contributed by atoms with Gasteiger partial charge < -0.3 is 14.2 Å². The van der Waals surface area contributed by atoms with Crippen molar-refractivity contribution >= 4 is 5.97 Å². The third-order valence-corrected chi connectivity index (χ3v) is 3.68.